The highest BCUT2D eigenvalue weighted by Gasteiger charge is 2.13. The summed E-state index contributed by atoms with van der Waals surface area (Å²) in [6.45, 7) is 0. The van der Waals surface area contributed by atoms with Crippen LogP contribution in [-0.2, 0) is 0 Å². The Morgan fingerprint density at radius 3 is 2.09 bits per heavy atom. The highest BCUT2D eigenvalue weighted by atomic mass is 16.5. The number of hydrogen-bond acceptors (Lipinski definition) is 3. The molecule has 1 atom stereocenters. The van der Waals surface area contributed by atoms with Crippen LogP contribution in [-0.4, -0.2) is 12.1 Å². The summed E-state index contributed by atoms with van der Waals surface area (Å²) in [7, 11) is 1.67. The quantitative estimate of drug-likeness (QED) is 0.761. The van der Waals surface area contributed by atoms with Gasteiger partial charge in [0.2, 0.25) is 0 Å². The molecule has 1 heterocycles. The molecule has 0 radical (unpaired) electrons. The highest BCUT2D eigenvalue weighted by molar-refractivity contribution is 5.51. The normalized spacial score (nSPS) is 11.7. The lowest BCUT2D eigenvalue weighted by atomic mass is 9.99. The summed E-state index contributed by atoms with van der Waals surface area (Å²) in [6.07, 6.45) is 3.64. The Kier molecular flexibility index (Phi) is 4.35. The van der Waals surface area contributed by atoms with Crippen LogP contribution < -0.4 is 10.1 Å². The second kappa shape index (κ2) is 6.76. The third kappa shape index (κ3) is 3.26. The Morgan fingerprint density at radius 1 is 0.818 bits per heavy atom. The second-order valence-corrected chi connectivity index (χ2v) is 5.00. The minimum Gasteiger partial charge on any atom is -0.497 e. The van der Waals surface area contributed by atoms with E-state index in [0.29, 0.717) is 0 Å². The van der Waals surface area contributed by atoms with Crippen molar-refractivity contribution in [3.63, 3.8) is 0 Å². The van der Waals surface area contributed by atoms with Crippen LogP contribution in [0.3, 0.4) is 0 Å². The molecule has 0 aliphatic rings. The maximum absolute atomic E-state index is 5.21. The number of benzene rings is 2. The molecule has 3 aromatic rings. The van der Waals surface area contributed by atoms with E-state index in [4.69, 9.17) is 4.74 Å². The van der Waals surface area contributed by atoms with Gasteiger partial charge in [-0.05, 0) is 47.5 Å². The molecule has 110 valence electrons. The van der Waals surface area contributed by atoms with E-state index in [1.807, 2.05) is 54.9 Å². The minimum atomic E-state index is 0.0811. The fraction of sp³-hybridized carbons (Fsp3) is 0.105. The largest absolute Gasteiger partial charge is 0.497 e. The summed E-state index contributed by atoms with van der Waals surface area (Å²) in [5.74, 6) is 0.853. The molecule has 1 N–H and O–H groups in total. The fourth-order valence-corrected chi connectivity index (χ4v) is 2.41. The molecular formula is C19H18N2O. The summed E-state index contributed by atoms with van der Waals surface area (Å²) in [5, 5.41) is 3.58. The molecule has 3 heteroatoms. The number of aromatic nitrogens is 1. The zero-order valence-electron chi connectivity index (χ0n) is 12.4. The number of anilines is 1. The van der Waals surface area contributed by atoms with E-state index in [9.17, 15) is 0 Å². The summed E-state index contributed by atoms with van der Waals surface area (Å²) < 4.78 is 5.21. The molecule has 0 fully saturated rings. The van der Waals surface area contributed by atoms with Gasteiger partial charge in [0.1, 0.15) is 5.75 Å². The predicted octanol–water partition coefficient (Wildman–Crippen LogP) is 4.29. The van der Waals surface area contributed by atoms with Crippen molar-refractivity contribution in [1.82, 2.24) is 4.98 Å². The molecule has 0 unspecified atom stereocenters. The molecule has 0 bridgehead atoms. The summed E-state index contributed by atoms with van der Waals surface area (Å²) >= 11 is 0. The fourth-order valence-electron chi connectivity index (χ4n) is 2.41. The zero-order valence-corrected chi connectivity index (χ0v) is 12.4. The lowest BCUT2D eigenvalue weighted by molar-refractivity contribution is 0.415. The van der Waals surface area contributed by atoms with E-state index in [1.165, 1.54) is 11.1 Å². The van der Waals surface area contributed by atoms with Gasteiger partial charge in [-0.1, -0.05) is 30.3 Å². The van der Waals surface area contributed by atoms with Crippen molar-refractivity contribution in [2.45, 2.75) is 6.04 Å². The van der Waals surface area contributed by atoms with Gasteiger partial charge in [-0.3, -0.25) is 4.98 Å². The van der Waals surface area contributed by atoms with E-state index >= 15 is 0 Å². The number of methoxy groups -OCH3 is 1. The molecular weight excluding hydrogens is 272 g/mol. The van der Waals surface area contributed by atoms with E-state index in [2.05, 4.69) is 34.6 Å². The van der Waals surface area contributed by atoms with Crippen LogP contribution in [0.2, 0.25) is 0 Å². The number of nitrogens with one attached hydrogen (secondary N) is 1. The molecule has 0 aliphatic carbocycles. The average molecular weight is 290 g/mol. The molecule has 3 rings (SSSR count). The van der Waals surface area contributed by atoms with Gasteiger partial charge >= 0.3 is 0 Å². The van der Waals surface area contributed by atoms with Gasteiger partial charge in [-0.25, -0.2) is 0 Å². The molecule has 1 aromatic heterocycles. The van der Waals surface area contributed by atoms with Gasteiger partial charge < -0.3 is 10.1 Å². The lowest BCUT2D eigenvalue weighted by Crippen LogP contribution is -2.12. The van der Waals surface area contributed by atoms with Crippen LogP contribution in [0.15, 0.2) is 79.1 Å². The van der Waals surface area contributed by atoms with Crippen molar-refractivity contribution < 1.29 is 4.74 Å². The first-order valence-corrected chi connectivity index (χ1v) is 7.22. The van der Waals surface area contributed by atoms with E-state index in [-0.39, 0.29) is 6.04 Å². The third-order valence-corrected chi connectivity index (χ3v) is 3.57. The number of nitrogens with zero attached hydrogens (tertiary/aromatic N) is 1. The maximum Gasteiger partial charge on any atom is 0.119 e. The Labute approximate surface area is 130 Å². The Morgan fingerprint density at radius 2 is 1.45 bits per heavy atom. The van der Waals surface area contributed by atoms with Gasteiger partial charge in [0.05, 0.1) is 13.2 Å². The maximum atomic E-state index is 5.21. The van der Waals surface area contributed by atoms with Crippen LogP contribution >= 0.6 is 0 Å². The van der Waals surface area contributed by atoms with Gasteiger partial charge in [0.25, 0.3) is 0 Å². The van der Waals surface area contributed by atoms with E-state index in [0.717, 1.165) is 11.4 Å². The van der Waals surface area contributed by atoms with Gasteiger partial charge in [0, 0.05) is 18.1 Å². The Bertz CT molecular complexity index is 657. The van der Waals surface area contributed by atoms with Crippen LogP contribution in [0.25, 0.3) is 0 Å². The average Bonchev–Trinajstić information content (AvgIpc) is 2.62. The number of pyridine rings is 1. The van der Waals surface area contributed by atoms with E-state index in [1.54, 1.807) is 7.11 Å². The van der Waals surface area contributed by atoms with Gasteiger partial charge in [-0.2, -0.15) is 0 Å². The molecule has 0 spiro atoms. The number of rotatable bonds is 5. The van der Waals surface area contributed by atoms with Gasteiger partial charge in [0.15, 0.2) is 0 Å². The standard InChI is InChI=1S/C19H18N2O/c1-22-18-9-7-17(8-10-18)21-19(15-5-3-2-4-6-15)16-11-13-20-14-12-16/h2-14,19,21H,1H3/t19-/m0/s1. The summed E-state index contributed by atoms with van der Waals surface area (Å²) in [5.41, 5.74) is 3.44. The molecule has 0 amide bonds. The van der Waals surface area contributed by atoms with Crippen LogP contribution in [0.1, 0.15) is 17.2 Å². The smallest absolute Gasteiger partial charge is 0.119 e. The van der Waals surface area contributed by atoms with Crippen LogP contribution in [0.5, 0.6) is 5.75 Å². The SMILES string of the molecule is COc1ccc(N[C@@H](c2ccccc2)c2ccncc2)cc1. The predicted molar refractivity (Wildman–Crippen MR) is 89.1 cm³/mol. The summed E-state index contributed by atoms with van der Waals surface area (Å²) in [4.78, 5) is 4.11. The monoisotopic (exact) mass is 290 g/mol. The van der Waals surface area contributed by atoms with Crippen molar-refractivity contribution in [1.29, 1.82) is 0 Å². The Balaban J connectivity index is 1.91. The second-order valence-electron chi connectivity index (χ2n) is 5.00. The first kappa shape index (κ1) is 14.1. The molecule has 0 aliphatic heterocycles. The van der Waals surface area contributed by atoms with Crippen molar-refractivity contribution in [3.8, 4) is 5.75 Å². The van der Waals surface area contributed by atoms with Crippen molar-refractivity contribution in [2.24, 2.45) is 0 Å². The molecule has 2 aromatic carbocycles. The highest BCUT2D eigenvalue weighted by Crippen LogP contribution is 2.27. The molecule has 3 nitrogen and oxygen atoms in total. The van der Waals surface area contributed by atoms with Crippen molar-refractivity contribution >= 4 is 5.69 Å². The van der Waals surface area contributed by atoms with Crippen LogP contribution in [0.4, 0.5) is 5.69 Å². The Hall–Kier alpha value is -2.81. The molecule has 0 saturated heterocycles. The van der Waals surface area contributed by atoms with Crippen LogP contribution in [0, 0.1) is 0 Å². The third-order valence-electron chi connectivity index (χ3n) is 3.57. The first-order valence-electron chi connectivity index (χ1n) is 7.22. The number of ether oxygens (including phenoxy) is 1. The van der Waals surface area contributed by atoms with Crippen molar-refractivity contribution in [3.05, 3.63) is 90.3 Å². The summed E-state index contributed by atoms with van der Waals surface area (Å²) in [6, 6.07) is 22.5. The molecule has 22 heavy (non-hydrogen) atoms. The zero-order chi connectivity index (χ0) is 15.2. The number of hydrogen-bond donors (Lipinski definition) is 1. The lowest BCUT2D eigenvalue weighted by Gasteiger charge is -2.21. The minimum absolute atomic E-state index is 0.0811. The van der Waals surface area contributed by atoms with E-state index < -0.39 is 0 Å². The first-order chi connectivity index (χ1) is 10.9. The topological polar surface area (TPSA) is 34.1 Å². The van der Waals surface area contributed by atoms with Gasteiger partial charge in [-0.15, -0.1) is 0 Å². The molecule has 0 saturated carbocycles. The van der Waals surface area contributed by atoms with Crippen molar-refractivity contribution in [2.75, 3.05) is 12.4 Å².